The molecule has 0 aromatic heterocycles. The van der Waals surface area contributed by atoms with Gasteiger partial charge < -0.3 is 23.8 Å². The van der Waals surface area contributed by atoms with Crippen LogP contribution in [0.4, 0.5) is 4.39 Å². The van der Waals surface area contributed by atoms with Crippen molar-refractivity contribution >= 4 is 17.5 Å². The molecular formula is C30H32FN3O6. The Morgan fingerprint density at radius 2 is 1.70 bits per heavy atom. The molecule has 0 saturated heterocycles. The monoisotopic (exact) mass is 549 g/mol. The first kappa shape index (κ1) is 28.6. The number of halogens is 1. The van der Waals surface area contributed by atoms with Crippen LogP contribution in [0.3, 0.4) is 0 Å². The zero-order valence-corrected chi connectivity index (χ0v) is 22.9. The van der Waals surface area contributed by atoms with E-state index in [2.05, 4.69) is 0 Å². The molecule has 0 spiro atoms. The molecule has 3 aromatic rings. The second-order valence-electron chi connectivity index (χ2n) is 9.08. The summed E-state index contributed by atoms with van der Waals surface area (Å²) in [5, 5.41) is 6.11. The SMILES string of the molecule is COCCN(CC(=O)N1N=C(c2ccc(OC)cc2)C[C@@H]1c1ccc(OC)c(OC)c1)C(=O)c1cccc(F)c1. The Labute approximate surface area is 232 Å². The van der Waals surface area contributed by atoms with Gasteiger partial charge in [0.25, 0.3) is 11.8 Å². The Balaban J connectivity index is 1.67. The fraction of sp³-hybridized carbons (Fsp3) is 0.300. The minimum absolute atomic E-state index is 0.140. The Bertz CT molecular complexity index is 1380. The number of hydrogen-bond acceptors (Lipinski definition) is 7. The van der Waals surface area contributed by atoms with Gasteiger partial charge in [-0.25, -0.2) is 9.40 Å². The first-order valence-electron chi connectivity index (χ1n) is 12.7. The number of nitrogens with zero attached hydrogens (tertiary/aromatic N) is 3. The van der Waals surface area contributed by atoms with Gasteiger partial charge in [0, 0.05) is 25.6 Å². The fourth-order valence-corrected chi connectivity index (χ4v) is 4.51. The lowest BCUT2D eigenvalue weighted by molar-refractivity contribution is -0.133. The Morgan fingerprint density at radius 1 is 0.950 bits per heavy atom. The average molecular weight is 550 g/mol. The molecule has 0 saturated carbocycles. The normalized spacial score (nSPS) is 14.5. The van der Waals surface area contributed by atoms with Crippen molar-refractivity contribution in [2.45, 2.75) is 12.5 Å². The molecule has 1 aliphatic rings. The molecule has 1 heterocycles. The summed E-state index contributed by atoms with van der Waals surface area (Å²) in [6.07, 6.45) is 0.434. The minimum Gasteiger partial charge on any atom is -0.497 e. The molecule has 0 unspecified atom stereocenters. The quantitative estimate of drug-likeness (QED) is 0.354. The summed E-state index contributed by atoms with van der Waals surface area (Å²) in [5.74, 6) is 0.371. The molecule has 0 aliphatic carbocycles. The molecule has 2 amide bonds. The van der Waals surface area contributed by atoms with E-state index in [9.17, 15) is 14.0 Å². The van der Waals surface area contributed by atoms with Crippen LogP contribution < -0.4 is 14.2 Å². The summed E-state index contributed by atoms with van der Waals surface area (Å²) in [6.45, 7) is 0.0667. The van der Waals surface area contributed by atoms with Crippen molar-refractivity contribution in [2.75, 3.05) is 48.1 Å². The number of methoxy groups -OCH3 is 4. The zero-order valence-electron chi connectivity index (χ0n) is 22.9. The average Bonchev–Trinajstić information content (AvgIpc) is 3.44. The van der Waals surface area contributed by atoms with Gasteiger partial charge in [-0.15, -0.1) is 0 Å². The lowest BCUT2D eigenvalue weighted by Crippen LogP contribution is -2.42. The van der Waals surface area contributed by atoms with Gasteiger partial charge in [-0.2, -0.15) is 5.10 Å². The fourth-order valence-electron chi connectivity index (χ4n) is 4.51. The molecule has 1 atom stereocenters. The topological polar surface area (TPSA) is 89.9 Å². The van der Waals surface area contributed by atoms with Crippen LogP contribution in [-0.4, -0.2) is 75.6 Å². The van der Waals surface area contributed by atoms with Gasteiger partial charge in [0.2, 0.25) is 0 Å². The number of carbonyl (C=O) groups is 2. The number of rotatable bonds is 11. The van der Waals surface area contributed by atoms with E-state index < -0.39 is 23.7 Å². The van der Waals surface area contributed by atoms with Crippen LogP contribution in [0.15, 0.2) is 71.8 Å². The molecule has 40 heavy (non-hydrogen) atoms. The lowest BCUT2D eigenvalue weighted by atomic mass is 9.98. The van der Waals surface area contributed by atoms with E-state index in [0.29, 0.717) is 29.4 Å². The smallest absolute Gasteiger partial charge is 0.262 e. The van der Waals surface area contributed by atoms with Gasteiger partial charge in [-0.3, -0.25) is 9.59 Å². The molecule has 10 heteroatoms. The number of hydrogen-bond donors (Lipinski definition) is 0. The van der Waals surface area contributed by atoms with Gasteiger partial charge in [-0.1, -0.05) is 12.1 Å². The molecular weight excluding hydrogens is 517 g/mol. The third-order valence-corrected chi connectivity index (χ3v) is 6.63. The van der Waals surface area contributed by atoms with Crippen LogP contribution in [0.2, 0.25) is 0 Å². The highest BCUT2D eigenvalue weighted by atomic mass is 19.1. The highest BCUT2D eigenvalue weighted by Gasteiger charge is 2.35. The third kappa shape index (κ3) is 6.40. The molecule has 0 bridgehead atoms. The molecule has 3 aromatic carbocycles. The Hall–Kier alpha value is -4.44. The standard InChI is InChI=1S/C30H32FN3O6/c1-37-15-14-33(30(36)22-6-5-7-23(31)16-22)19-29(35)34-26(21-10-13-27(39-3)28(17-21)40-4)18-25(32-34)20-8-11-24(38-2)12-9-20/h5-13,16-17,26H,14-15,18-19H2,1-4H3/t26-/m1/s1. The van der Waals surface area contributed by atoms with Crippen LogP contribution in [-0.2, 0) is 9.53 Å². The molecule has 0 radical (unpaired) electrons. The van der Waals surface area contributed by atoms with Crippen LogP contribution >= 0.6 is 0 Å². The summed E-state index contributed by atoms with van der Waals surface area (Å²) >= 11 is 0. The van der Waals surface area contributed by atoms with Crippen molar-refractivity contribution in [3.05, 3.63) is 89.2 Å². The van der Waals surface area contributed by atoms with Gasteiger partial charge in [-0.05, 0) is 65.7 Å². The summed E-state index contributed by atoms with van der Waals surface area (Å²) < 4.78 is 35.1. The van der Waals surface area contributed by atoms with E-state index in [-0.39, 0.29) is 25.3 Å². The van der Waals surface area contributed by atoms with Crippen molar-refractivity contribution in [2.24, 2.45) is 5.10 Å². The largest absolute Gasteiger partial charge is 0.497 e. The van der Waals surface area contributed by atoms with E-state index in [1.54, 1.807) is 27.4 Å². The molecule has 1 aliphatic heterocycles. The number of amides is 2. The van der Waals surface area contributed by atoms with Gasteiger partial charge in [0.05, 0.1) is 39.7 Å². The number of carbonyl (C=O) groups excluding carboxylic acids is 2. The third-order valence-electron chi connectivity index (χ3n) is 6.63. The summed E-state index contributed by atoms with van der Waals surface area (Å²) in [7, 11) is 6.20. The Kier molecular flexibility index (Phi) is 9.34. The zero-order chi connectivity index (χ0) is 28.6. The second-order valence-corrected chi connectivity index (χ2v) is 9.08. The second kappa shape index (κ2) is 13.1. The highest BCUT2D eigenvalue weighted by molar-refractivity contribution is 6.04. The van der Waals surface area contributed by atoms with Crippen LogP contribution in [0.5, 0.6) is 17.2 Å². The van der Waals surface area contributed by atoms with Crippen molar-refractivity contribution in [3.8, 4) is 17.2 Å². The lowest BCUT2D eigenvalue weighted by Gasteiger charge is -2.27. The molecule has 210 valence electrons. The highest BCUT2D eigenvalue weighted by Crippen LogP contribution is 2.37. The molecule has 0 N–H and O–H groups in total. The summed E-state index contributed by atoms with van der Waals surface area (Å²) in [4.78, 5) is 28.4. The molecule has 0 fully saturated rings. The van der Waals surface area contributed by atoms with Gasteiger partial charge >= 0.3 is 0 Å². The van der Waals surface area contributed by atoms with Gasteiger partial charge in [0.1, 0.15) is 18.1 Å². The maximum Gasteiger partial charge on any atom is 0.262 e. The number of ether oxygens (including phenoxy) is 4. The first-order valence-corrected chi connectivity index (χ1v) is 12.7. The van der Waals surface area contributed by atoms with E-state index in [4.69, 9.17) is 24.0 Å². The maximum absolute atomic E-state index is 13.8. The van der Waals surface area contributed by atoms with Crippen molar-refractivity contribution < 1.29 is 32.9 Å². The summed E-state index contributed by atoms with van der Waals surface area (Å²) in [5.41, 5.74) is 2.48. The van der Waals surface area contributed by atoms with Crippen LogP contribution in [0.25, 0.3) is 0 Å². The number of benzene rings is 3. The van der Waals surface area contributed by atoms with Crippen molar-refractivity contribution in [3.63, 3.8) is 0 Å². The summed E-state index contributed by atoms with van der Waals surface area (Å²) in [6, 6.07) is 17.8. The van der Waals surface area contributed by atoms with Crippen LogP contribution in [0, 0.1) is 5.82 Å². The van der Waals surface area contributed by atoms with Crippen molar-refractivity contribution in [1.29, 1.82) is 0 Å². The van der Waals surface area contributed by atoms with E-state index in [0.717, 1.165) is 17.2 Å². The van der Waals surface area contributed by atoms with Crippen LogP contribution in [0.1, 0.15) is 33.9 Å². The van der Waals surface area contributed by atoms with E-state index >= 15 is 0 Å². The Morgan fingerprint density at radius 3 is 2.35 bits per heavy atom. The molecule has 4 rings (SSSR count). The van der Waals surface area contributed by atoms with E-state index in [1.165, 1.54) is 35.2 Å². The van der Waals surface area contributed by atoms with E-state index in [1.807, 2.05) is 36.4 Å². The van der Waals surface area contributed by atoms with Gasteiger partial charge in [0.15, 0.2) is 11.5 Å². The predicted molar refractivity (Wildman–Crippen MR) is 147 cm³/mol. The van der Waals surface area contributed by atoms with Crippen molar-refractivity contribution in [1.82, 2.24) is 9.91 Å². The predicted octanol–water partition coefficient (Wildman–Crippen LogP) is 4.32. The number of hydrazone groups is 1. The maximum atomic E-state index is 13.8. The minimum atomic E-state index is -0.536. The first-order chi connectivity index (χ1) is 19.4. The molecule has 9 nitrogen and oxygen atoms in total.